The highest BCUT2D eigenvalue weighted by molar-refractivity contribution is 7.00. The Hall–Kier alpha value is -2.80. The zero-order chi connectivity index (χ0) is 14.2. The van der Waals surface area contributed by atoms with Gasteiger partial charge in [0.25, 0.3) is 5.89 Å². The van der Waals surface area contributed by atoms with E-state index in [0.29, 0.717) is 11.5 Å². The molecule has 0 spiro atoms. The highest BCUT2D eigenvalue weighted by Gasteiger charge is 2.14. The van der Waals surface area contributed by atoms with Crippen LogP contribution in [0.5, 0.6) is 5.75 Å². The molecule has 2 heterocycles. The van der Waals surface area contributed by atoms with Gasteiger partial charge in [-0.3, -0.25) is 0 Å². The van der Waals surface area contributed by atoms with Crippen molar-refractivity contribution in [3.63, 3.8) is 0 Å². The van der Waals surface area contributed by atoms with Crippen LogP contribution in [0.2, 0.25) is 0 Å². The number of benzene rings is 2. The lowest BCUT2D eigenvalue weighted by Gasteiger charge is -1.97. The van der Waals surface area contributed by atoms with E-state index in [1.165, 1.54) is 0 Å². The molecule has 0 aliphatic heterocycles. The Kier molecular flexibility index (Phi) is 2.65. The van der Waals surface area contributed by atoms with Crippen molar-refractivity contribution in [3.05, 3.63) is 42.5 Å². The Morgan fingerprint density at radius 2 is 1.71 bits per heavy atom. The van der Waals surface area contributed by atoms with Gasteiger partial charge in [-0.25, -0.2) is 0 Å². The molecule has 0 fully saturated rings. The summed E-state index contributed by atoms with van der Waals surface area (Å²) in [6, 6.07) is 12.4. The maximum absolute atomic E-state index is 9.81. The molecule has 0 saturated carbocycles. The Bertz CT molecular complexity index is 931. The quantitative estimate of drug-likeness (QED) is 0.611. The van der Waals surface area contributed by atoms with Crippen LogP contribution in [-0.2, 0) is 0 Å². The lowest BCUT2D eigenvalue weighted by molar-refractivity contribution is 0.473. The van der Waals surface area contributed by atoms with E-state index < -0.39 is 0 Å². The zero-order valence-electron chi connectivity index (χ0n) is 10.6. The maximum atomic E-state index is 9.81. The molecular formula is C14H8N4O2S. The molecule has 4 rings (SSSR count). The Labute approximate surface area is 123 Å². The molecule has 2 aromatic carbocycles. The second kappa shape index (κ2) is 4.64. The number of aromatic nitrogens is 4. The predicted molar refractivity (Wildman–Crippen MR) is 77.8 cm³/mol. The van der Waals surface area contributed by atoms with Crippen LogP contribution >= 0.6 is 11.7 Å². The van der Waals surface area contributed by atoms with Gasteiger partial charge in [0, 0.05) is 5.56 Å². The van der Waals surface area contributed by atoms with Crippen molar-refractivity contribution in [3.8, 4) is 28.7 Å². The molecule has 0 unspecified atom stereocenters. The van der Waals surface area contributed by atoms with E-state index in [1.807, 2.05) is 18.2 Å². The minimum Gasteiger partial charge on any atom is -0.507 e. The van der Waals surface area contributed by atoms with E-state index in [-0.39, 0.29) is 11.6 Å². The van der Waals surface area contributed by atoms with E-state index >= 15 is 0 Å². The van der Waals surface area contributed by atoms with Crippen molar-refractivity contribution >= 4 is 22.8 Å². The Balaban J connectivity index is 1.78. The number of fused-ring (bicyclic) bond motifs is 1. The number of hydrogen-bond acceptors (Lipinski definition) is 7. The summed E-state index contributed by atoms with van der Waals surface area (Å²) in [4.78, 5) is 0. The van der Waals surface area contributed by atoms with E-state index in [0.717, 1.165) is 28.3 Å². The molecule has 0 atom stereocenters. The standard InChI is InChI=1S/C14H8N4O2S/c19-12-4-2-1-3-9(12)14-16-15-13(20-14)8-5-6-10-11(7-8)18-21-17-10/h1-7,19H. The minimum atomic E-state index is 0.104. The lowest BCUT2D eigenvalue weighted by Crippen LogP contribution is -1.78. The zero-order valence-corrected chi connectivity index (χ0v) is 11.4. The number of hydrogen-bond donors (Lipinski definition) is 1. The summed E-state index contributed by atoms with van der Waals surface area (Å²) in [7, 11) is 0. The molecule has 0 aliphatic carbocycles. The largest absolute Gasteiger partial charge is 0.507 e. The average Bonchev–Trinajstić information content (AvgIpc) is 3.16. The summed E-state index contributed by atoms with van der Waals surface area (Å²) in [5.74, 6) is 0.759. The van der Waals surface area contributed by atoms with Gasteiger partial charge in [0.15, 0.2) is 0 Å². The molecule has 2 aromatic heterocycles. The van der Waals surface area contributed by atoms with Gasteiger partial charge in [0.05, 0.1) is 17.3 Å². The number of rotatable bonds is 2. The molecule has 0 amide bonds. The fourth-order valence-corrected chi connectivity index (χ4v) is 2.54. The topological polar surface area (TPSA) is 84.9 Å². The molecule has 0 aliphatic rings. The van der Waals surface area contributed by atoms with Crippen LogP contribution < -0.4 is 0 Å². The number of phenolic OH excluding ortho intramolecular Hbond substituents is 1. The lowest BCUT2D eigenvalue weighted by atomic mass is 10.2. The predicted octanol–water partition coefficient (Wildman–Crippen LogP) is 3.11. The Morgan fingerprint density at radius 3 is 2.62 bits per heavy atom. The van der Waals surface area contributed by atoms with Crippen molar-refractivity contribution < 1.29 is 9.52 Å². The number of aromatic hydroxyl groups is 1. The van der Waals surface area contributed by atoms with E-state index in [4.69, 9.17) is 4.42 Å². The second-order valence-corrected chi connectivity index (χ2v) is 4.93. The molecule has 4 aromatic rings. The van der Waals surface area contributed by atoms with Crippen LogP contribution in [0.3, 0.4) is 0 Å². The van der Waals surface area contributed by atoms with E-state index in [9.17, 15) is 5.11 Å². The van der Waals surface area contributed by atoms with Gasteiger partial charge in [-0.2, -0.15) is 8.75 Å². The van der Waals surface area contributed by atoms with Crippen molar-refractivity contribution in [1.82, 2.24) is 18.9 Å². The summed E-state index contributed by atoms with van der Waals surface area (Å²) < 4.78 is 14.0. The van der Waals surface area contributed by atoms with E-state index in [1.54, 1.807) is 24.3 Å². The van der Waals surface area contributed by atoms with Crippen molar-refractivity contribution in [1.29, 1.82) is 0 Å². The van der Waals surface area contributed by atoms with Gasteiger partial charge in [-0.05, 0) is 30.3 Å². The normalized spacial score (nSPS) is 11.0. The van der Waals surface area contributed by atoms with Gasteiger partial charge in [0.2, 0.25) is 5.89 Å². The van der Waals surface area contributed by atoms with Gasteiger partial charge >= 0.3 is 0 Å². The number of nitrogens with zero attached hydrogens (tertiary/aromatic N) is 4. The monoisotopic (exact) mass is 296 g/mol. The van der Waals surface area contributed by atoms with Crippen LogP contribution in [0.15, 0.2) is 46.9 Å². The van der Waals surface area contributed by atoms with Crippen LogP contribution in [0.1, 0.15) is 0 Å². The molecular weight excluding hydrogens is 288 g/mol. The van der Waals surface area contributed by atoms with Crippen LogP contribution in [-0.4, -0.2) is 24.1 Å². The third kappa shape index (κ3) is 2.03. The highest BCUT2D eigenvalue weighted by Crippen LogP contribution is 2.30. The smallest absolute Gasteiger partial charge is 0.251 e. The molecule has 21 heavy (non-hydrogen) atoms. The first kappa shape index (κ1) is 12.0. The van der Waals surface area contributed by atoms with Gasteiger partial charge in [0.1, 0.15) is 16.8 Å². The van der Waals surface area contributed by atoms with Crippen molar-refractivity contribution in [2.75, 3.05) is 0 Å². The number of phenols is 1. The first-order chi connectivity index (χ1) is 10.3. The highest BCUT2D eigenvalue weighted by atomic mass is 32.1. The summed E-state index contributed by atoms with van der Waals surface area (Å²) >= 11 is 1.16. The van der Waals surface area contributed by atoms with Crippen molar-refractivity contribution in [2.45, 2.75) is 0 Å². The van der Waals surface area contributed by atoms with Crippen LogP contribution in [0, 0.1) is 0 Å². The fourth-order valence-electron chi connectivity index (χ4n) is 2.02. The summed E-state index contributed by atoms with van der Waals surface area (Å²) in [5.41, 5.74) is 2.90. The number of para-hydroxylation sites is 1. The third-order valence-electron chi connectivity index (χ3n) is 3.06. The molecule has 0 radical (unpaired) electrons. The summed E-state index contributed by atoms with van der Waals surface area (Å²) in [6.07, 6.45) is 0. The molecule has 1 N–H and O–H groups in total. The molecule has 102 valence electrons. The minimum absolute atomic E-state index is 0.104. The summed E-state index contributed by atoms with van der Waals surface area (Å²) in [6.45, 7) is 0. The maximum Gasteiger partial charge on any atom is 0.251 e. The molecule has 0 bridgehead atoms. The first-order valence-electron chi connectivity index (χ1n) is 6.16. The molecule has 7 heteroatoms. The van der Waals surface area contributed by atoms with Gasteiger partial charge < -0.3 is 9.52 Å². The average molecular weight is 296 g/mol. The van der Waals surface area contributed by atoms with Crippen LogP contribution in [0.25, 0.3) is 33.9 Å². The third-order valence-corrected chi connectivity index (χ3v) is 3.62. The Morgan fingerprint density at radius 1 is 0.905 bits per heavy atom. The van der Waals surface area contributed by atoms with Crippen molar-refractivity contribution in [2.24, 2.45) is 0 Å². The van der Waals surface area contributed by atoms with Gasteiger partial charge in [-0.1, -0.05) is 12.1 Å². The summed E-state index contributed by atoms with van der Waals surface area (Å²) in [5, 5.41) is 17.8. The van der Waals surface area contributed by atoms with E-state index in [2.05, 4.69) is 18.9 Å². The van der Waals surface area contributed by atoms with Crippen LogP contribution in [0.4, 0.5) is 0 Å². The SMILES string of the molecule is Oc1ccccc1-c1nnc(-c2ccc3nsnc3c2)o1. The van der Waals surface area contributed by atoms with Gasteiger partial charge in [-0.15, -0.1) is 10.2 Å². The first-order valence-corrected chi connectivity index (χ1v) is 6.89. The molecule has 6 nitrogen and oxygen atoms in total. The fraction of sp³-hybridized carbons (Fsp3) is 0. The molecule has 0 saturated heterocycles. The second-order valence-electron chi connectivity index (χ2n) is 4.40.